The molecule has 4 heterocycles. The molecule has 4 rings (SSSR count). The van der Waals surface area contributed by atoms with Crippen LogP contribution in [0.25, 0.3) is 0 Å². The first kappa shape index (κ1) is 16.1. The van der Waals surface area contributed by atoms with Gasteiger partial charge in [-0.1, -0.05) is 0 Å². The van der Waals surface area contributed by atoms with Crippen molar-refractivity contribution in [2.24, 2.45) is 21.8 Å². The summed E-state index contributed by atoms with van der Waals surface area (Å²) in [6.45, 7) is 8.78. The lowest BCUT2D eigenvalue weighted by Crippen LogP contribution is -2.38. The fourth-order valence-electron chi connectivity index (χ4n) is 3.88. The Labute approximate surface area is 145 Å². The fraction of sp³-hybridized carbons (Fsp3) is 0.588. The van der Waals surface area contributed by atoms with Gasteiger partial charge in [0.05, 0.1) is 5.71 Å². The zero-order valence-corrected chi connectivity index (χ0v) is 14.6. The maximum atomic E-state index is 13.5. The smallest absolute Gasteiger partial charge is 0.289 e. The summed E-state index contributed by atoms with van der Waals surface area (Å²) in [6.07, 6.45) is -1.69. The molecule has 1 aromatic rings. The Bertz CT molecular complexity index is 757. The van der Waals surface area contributed by atoms with E-state index in [9.17, 15) is 9.18 Å². The van der Waals surface area contributed by atoms with Crippen LogP contribution < -0.4 is 4.90 Å². The molecule has 0 radical (unpaired) electrons. The molecule has 0 spiro atoms. The zero-order chi connectivity index (χ0) is 17.7. The number of aromatic nitrogens is 2. The van der Waals surface area contributed by atoms with E-state index in [-0.39, 0.29) is 5.71 Å². The van der Waals surface area contributed by atoms with Crippen LogP contribution in [0, 0.1) is 25.7 Å². The van der Waals surface area contributed by atoms with Gasteiger partial charge in [0.1, 0.15) is 0 Å². The van der Waals surface area contributed by atoms with Gasteiger partial charge in [-0.15, -0.1) is 0 Å². The maximum absolute atomic E-state index is 13.5. The number of halogens is 1. The van der Waals surface area contributed by atoms with Crippen LogP contribution in [-0.4, -0.2) is 64.8 Å². The lowest BCUT2D eigenvalue weighted by Gasteiger charge is -2.24. The highest BCUT2D eigenvalue weighted by Gasteiger charge is 2.42. The van der Waals surface area contributed by atoms with Gasteiger partial charge in [0.15, 0.2) is 0 Å². The van der Waals surface area contributed by atoms with Crippen molar-refractivity contribution in [2.45, 2.75) is 26.9 Å². The van der Waals surface area contributed by atoms with Crippen LogP contribution in [0.2, 0.25) is 0 Å². The van der Waals surface area contributed by atoms with Crippen LogP contribution in [0.4, 0.5) is 10.3 Å². The van der Waals surface area contributed by atoms with Crippen molar-refractivity contribution in [1.29, 1.82) is 0 Å². The van der Waals surface area contributed by atoms with Crippen LogP contribution in [-0.2, 0) is 4.79 Å². The molecule has 0 N–H and O–H groups in total. The fourth-order valence-corrected chi connectivity index (χ4v) is 3.88. The van der Waals surface area contributed by atoms with Crippen molar-refractivity contribution in [3.63, 3.8) is 0 Å². The summed E-state index contributed by atoms with van der Waals surface area (Å²) < 4.78 is 13.5. The largest absolute Gasteiger partial charge is 0.340 e. The molecule has 1 amide bonds. The van der Waals surface area contributed by atoms with E-state index in [4.69, 9.17) is 0 Å². The topological polar surface area (TPSA) is 74.1 Å². The second-order valence-electron chi connectivity index (χ2n) is 7.15. The maximum Gasteiger partial charge on any atom is 0.289 e. The number of aliphatic imine (C=N–C) groups is 2. The lowest BCUT2D eigenvalue weighted by molar-refractivity contribution is -0.120. The molecule has 25 heavy (non-hydrogen) atoms. The molecule has 1 aromatic heterocycles. The molecule has 2 fully saturated rings. The Balaban J connectivity index is 1.46. The number of hydrogen-bond donors (Lipinski definition) is 0. The summed E-state index contributed by atoms with van der Waals surface area (Å²) in [5.41, 5.74) is 2.14. The molecular formula is C17H21FN6O. The number of anilines is 1. The minimum absolute atomic E-state index is 0.192. The predicted molar refractivity (Wildman–Crippen MR) is 92.7 cm³/mol. The molecule has 3 atom stereocenters. The number of rotatable bonds is 1. The normalized spacial score (nSPS) is 29.0. The first-order valence-electron chi connectivity index (χ1n) is 8.54. The van der Waals surface area contributed by atoms with E-state index < -0.39 is 12.1 Å². The number of guanidine groups is 1. The van der Waals surface area contributed by atoms with Gasteiger partial charge in [0, 0.05) is 49.4 Å². The van der Waals surface area contributed by atoms with Gasteiger partial charge in [0.25, 0.3) is 5.91 Å². The summed E-state index contributed by atoms with van der Waals surface area (Å²) >= 11 is 0. The molecule has 3 aliphatic rings. The van der Waals surface area contributed by atoms with Gasteiger partial charge in [-0.3, -0.25) is 4.79 Å². The van der Waals surface area contributed by atoms with E-state index >= 15 is 0 Å². The van der Waals surface area contributed by atoms with Crippen molar-refractivity contribution >= 4 is 23.5 Å². The lowest BCUT2D eigenvalue weighted by atomic mass is 10.0. The summed E-state index contributed by atoms with van der Waals surface area (Å²) in [7, 11) is 0. The minimum Gasteiger partial charge on any atom is -0.340 e. The molecular weight excluding hydrogens is 323 g/mol. The molecule has 8 heteroatoms. The number of aryl methyl sites for hydroxylation is 2. The third-order valence-electron chi connectivity index (χ3n) is 5.09. The molecule has 132 valence electrons. The second kappa shape index (κ2) is 5.86. The highest BCUT2D eigenvalue weighted by atomic mass is 19.1. The van der Waals surface area contributed by atoms with Crippen LogP contribution in [0.5, 0.6) is 0 Å². The van der Waals surface area contributed by atoms with Crippen LogP contribution in [0.15, 0.2) is 16.1 Å². The Morgan fingerprint density at radius 2 is 1.52 bits per heavy atom. The summed E-state index contributed by atoms with van der Waals surface area (Å²) in [5.74, 6) is 1.30. The minimum atomic E-state index is -1.69. The number of hydrogen-bond acceptors (Lipinski definition) is 6. The van der Waals surface area contributed by atoms with Crippen LogP contribution in [0.1, 0.15) is 18.3 Å². The Kier molecular flexibility index (Phi) is 3.77. The number of alkyl halides is 1. The van der Waals surface area contributed by atoms with Crippen molar-refractivity contribution in [3.8, 4) is 0 Å². The van der Waals surface area contributed by atoms with E-state index in [1.165, 1.54) is 6.92 Å². The number of likely N-dealkylation sites (tertiary alicyclic amines) is 1. The van der Waals surface area contributed by atoms with Gasteiger partial charge in [-0.2, -0.15) is 4.99 Å². The van der Waals surface area contributed by atoms with Crippen molar-refractivity contribution in [2.75, 3.05) is 31.1 Å². The van der Waals surface area contributed by atoms with Gasteiger partial charge in [-0.05, 0) is 26.8 Å². The van der Waals surface area contributed by atoms with Crippen molar-refractivity contribution in [3.05, 3.63) is 17.5 Å². The number of amides is 1. The Morgan fingerprint density at radius 3 is 2.08 bits per heavy atom. The van der Waals surface area contributed by atoms with Crippen molar-refractivity contribution in [1.82, 2.24) is 14.9 Å². The molecule has 2 saturated heterocycles. The molecule has 0 aliphatic carbocycles. The van der Waals surface area contributed by atoms with E-state index in [0.717, 1.165) is 43.5 Å². The monoisotopic (exact) mass is 344 g/mol. The van der Waals surface area contributed by atoms with Gasteiger partial charge >= 0.3 is 0 Å². The molecule has 3 aliphatic heterocycles. The average molecular weight is 344 g/mol. The van der Waals surface area contributed by atoms with Gasteiger partial charge in [-0.25, -0.2) is 19.4 Å². The van der Waals surface area contributed by atoms with E-state index in [0.29, 0.717) is 17.8 Å². The van der Waals surface area contributed by atoms with Gasteiger partial charge in [0.2, 0.25) is 18.1 Å². The molecule has 7 nitrogen and oxygen atoms in total. The van der Waals surface area contributed by atoms with E-state index in [1.54, 1.807) is 0 Å². The molecule has 0 saturated carbocycles. The van der Waals surface area contributed by atoms with E-state index in [1.807, 2.05) is 24.8 Å². The SMILES string of the molecule is CC1=NC(N2CC3CN(c4nc(C)cc(C)n4)CC3C2)=NC(=O)C1F. The van der Waals surface area contributed by atoms with Crippen LogP contribution >= 0.6 is 0 Å². The number of carbonyl (C=O) groups excluding carboxylic acids is 1. The third kappa shape index (κ3) is 2.89. The highest BCUT2D eigenvalue weighted by molar-refractivity contribution is 6.16. The number of fused-ring (bicyclic) bond motifs is 1. The zero-order valence-electron chi connectivity index (χ0n) is 14.6. The molecule has 0 aromatic carbocycles. The van der Waals surface area contributed by atoms with Crippen LogP contribution in [0.3, 0.4) is 0 Å². The third-order valence-corrected chi connectivity index (χ3v) is 5.09. The number of nitrogens with zero attached hydrogens (tertiary/aromatic N) is 6. The molecule has 0 bridgehead atoms. The first-order chi connectivity index (χ1) is 11.9. The second-order valence-corrected chi connectivity index (χ2v) is 7.15. The number of carbonyl (C=O) groups is 1. The standard InChI is InChI=1S/C17H21FN6O/c1-9-4-10(2)20-16(19-9)23-5-12-7-24(8-13(12)6-23)17-21-11(3)14(18)15(25)22-17/h4,12-14H,5-8H2,1-3H3. The molecule has 3 unspecified atom stereocenters. The van der Waals surface area contributed by atoms with Gasteiger partial charge < -0.3 is 9.80 Å². The van der Waals surface area contributed by atoms with E-state index in [2.05, 4.69) is 24.9 Å². The summed E-state index contributed by atoms with van der Waals surface area (Å²) in [5, 5.41) is 0. The average Bonchev–Trinajstić information content (AvgIpc) is 3.10. The summed E-state index contributed by atoms with van der Waals surface area (Å²) in [6, 6.07) is 1.97. The Hall–Kier alpha value is -2.38. The highest BCUT2D eigenvalue weighted by Crippen LogP contribution is 2.33. The van der Waals surface area contributed by atoms with Crippen molar-refractivity contribution < 1.29 is 9.18 Å². The summed E-state index contributed by atoms with van der Waals surface area (Å²) in [4.78, 5) is 33.0. The first-order valence-corrected chi connectivity index (χ1v) is 8.54. The quantitative estimate of drug-likeness (QED) is 0.764. The predicted octanol–water partition coefficient (Wildman–Crippen LogP) is 1.16. The Morgan fingerprint density at radius 1 is 0.960 bits per heavy atom.